The first-order valence-electron chi connectivity index (χ1n) is 4.46. The molecule has 17 heavy (non-hydrogen) atoms. The second-order valence-electron chi connectivity index (χ2n) is 3.15. The zero-order chi connectivity index (χ0) is 13.1. The van der Waals surface area contributed by atoms with Gasteiger partial charge in [-0.25, -0.2) is 0 Å². The highest BCUT2D eigenvalue weighted by Crippen LogP contribution is 2.26. The molecule has 0 aliphatic heterocycles. The molecule has 3 nitrogen and oxygen atoms in total. The Morgan fingerprint density at radius 1 is 1.24 bits per heavy atom. The molecule has 0 amide bonds. The van der Waals surface area contributed by atoms with Gasteiger partial charge in [-0.2, -0.15) is 21.6 Å². The molecule has 0 heterocycles. The lowest BCUT2D eigenvalue weighted by atomic mass is 10.2. The van der Waals surface area contributed by atoms with E-state index >= 15 is 0 Å². The quantitative estimate of drug-likeness (QED) is 0.480. The summed E-state index contributed by atoms with van der Waals surface area (Å²) in [4.78, 5) is 0. The number of rotatable bonds is 3. The summed E-state index contributed by atoms with van der Waals surface area (Å²) < 4.78 is 61.2. The second kappa shape index (κ2) is 4.79. The molecule has 0 radical (unpaired) electrons. The van der Waals surface area contributed by atoms with Crippen molar-refractivity contribution in [3.05, 3.63) is 41.7 Å². The standard InChI is InChI=1S/C10H9F3O3S/c1-8(7-9-5-3-2-4-6-9)16-17(14,15)10(11,12)13/h2-7H,1H3. The highest BCUT2D eigenvalue weighted by atomic mass is 32.2. The van der Waals surface area contributed by atoms with Gasteiger partial charge in [-0.1, -0.05) is 30.3 Å². The molecule has 1 aromatic carbocycles. The summed E-state index contributed by atoms with van der Waals surface area (Å²) in [5.41, 5.74) is -4.87. The number of hydrogen-bond donors (Lipinski definition) is 0. The molecular weight excluding hydrogens is 257 g/mol. The van der Waals surface area contributed by atoms with E-state index in [0.29, 0.717) is 5.56 Å². The van der Waals surface area contributed by atoms with Gasteiger partial charge in [0.05, 0.1) is 0 Å². The summed E-state index contributed by atoms with van der Waals surface area (Å²) in [6.07, 6.45) is 1.20. The molecule has 0 unspecified atom stereocenters. The Hall–Kier alpha value is -1.50. The third-order valence-electron chi connectivity index (χ3n) is 1.69. The van der Waals surface area contributed by atoms with Gasteiger partial charge >= 0.3 is 15.6 Å². The van der Waals surface area contributed by atoms with Gasteiger partial charge in [-0.05, 0) is 18.6 Å². The van der Waals surface area contributed by atoms with E-state index in [9.17, 15) is 21.6 Å². The van der Waals surface area contributed by atoms with Crippen LogP contribution in [0.2, 0.25) is 0 Å². The fourth-order valence-corrected chi connectivity index (χ4v) is 1.52. The summed E-state index contributed by atoms with van der Waals surface area (Å²) in [5, 5.41) is 0. The van der Waals surface area contributed by atoms with E-state index in [1.807, 2.05) is 0 Å². The van der Waals surface area contributed by atoms with Crippen LogP contribution in [0.4, 0.5) is 13.2 Å². The molecule has 0 bridgehead atoms. The summed E-state index contributed by atoms with van der Waals surface area (Å²) in [6.45, 7) is 1.14. The van der Waals surface area contributed by atoms with Crippen LogP contribution in [-0.4, -0.2) is 13.9 Å². The Bertz CT molecular complexity index is 503. The molecule has 1 aromatic rings. The van der Waals surface area contributed by atoms with E-state index in [1.165, 1.54) is 6.08 Å². The van der Waals surface area contributed by atoms with Crippen LogP contribution in [-0.2, 0) is 14.3 Å². The van der Waals surface area contributed by atoms with Crippen molar-refractivity contribution in [1.29, 1.82) is 0 Å². The summed E-state index contributed by atoms with van der Waals surface area (Å²) >= 11 is 0. The van der Waals surface area contributed by atoms with Gasteiger partial charge in [0, 0.05) is 0 Å². The average Bonchev–Trinajstić information content (AvgIpc) is 2.16. The number of halogens is 3. The fourth-order valence-electron chi connectivity index (χ4n) is 1.03. The van der Waals surface area contributed by atoms with Gasteiger partial charge < -0.3 is 4.18 Å². The zero-order valence-electron chi connectivity index (χ0n) is 8.73. The Morgan fingerprint density at radius 3 is 2.24 bits per heavy atom. The fraction of sp³-hybridized carbons (Fsp3) is 0.200. The lowest BCUT2D eigenvalue weighted by molar-refractivity contribution is -0.0521. The van der Waals surface area contributed by atoms with E-state index < -0.39 is 15.6 Å². The molecular formula is C10H9F3O3S. The first-order valence-corrected chi connectivity index (χ1v) is 5.87. The molecule has 0 saturated carbocycles. The van der Waals surface area contributed by atoms with Crippen molar-refractivity contribution in [2.24, 2.45) is 0 Å². The highest BCUT2D eigenvalue weighted by Gasteiger charge is 2.48. The van der Waals surface area contributed by atoms with Crippen molar-refractivity contribution in [3.8, 4) is 0 Å². The minimum Gasteiger partial charge on any atom is -0.381 e. The predicted octanol–water partition coefficient (Wildman–Crippen LogP) is 2.91. The molecule has 1 rings (SSSR count). The SMILES string of the molecule is CC(=Cc1ccccc1)OS(=O)(=O)C(F)(F)F. The molecule has 94 valence electrons. The minimum atomic E-state index is -5.59. The third-order valence-corrected chi connectivity index (χ3v) is 2.74. The first kappa shape index (κ1) is 13.6. The smallest absolute Gasteiger partial charge is 0.381 e. The molecule has 7 heteroatoms. The van der Waals surface area contributed by atoms with Gasteiger partial charge in [-0.15, -0.1) is 0 Å². The molecule has 0 atom stereocenters. The van der Waals surface area contributed by atoms with Gasteiger partial charge in [0.15, 0.2) is 0 Å². The van der Waals surface area contributed by atoms with Crippen molar-refractivity contribution in [1.82, 2.24) is 0 Å². The molecule has 0 fully saturated rings. The highest BCUT2D eigenvalue weighted by molar-refractivity contribution is 7.87. The lowest BCUT2D eigenvalue weighted by Crippen LogP contribution is -2.24. The van der Waals surface area contributed by atoms with Crippen LogP contribution in [0.1, 0.15) is 12.5 Å². The van der Waals surface area contributed by atoms with Crippen molar-refractivity contribution >= 4 is 16.2 Å². The minimum absolute atomic E-state index is 0.353. The average molecular weight is 266 g/mol. The van der Waals surface area contributed by atoms with Crippen LogP contribution in [0.25, 0.3) is 6.08 Å². The van der Waals surface area contributed by atoms with Crippen molar-refractivity contribution in [3.63, 3.8) is 0 Å². The normalized spacial score (nSPS) is 13.5. The van der Waals surface area contributed by atoms with E-state index in [2.05, 4.69) is 4.18 Å². The third kappa shape index (κ3) is 3.77. The summed E-state index contributed by atoms with van der Waals surface area (Å²) in [6, 6.07) is 8.26. The number of hydrogen-bond acceptors (Lipinski definition) is 3. The van der Waals surface area contributed by atoms with Gasteiger partial charge in [0.2, 0.25) is 0 Å². The van der Waals surface area contributed by atoms with Gasteiger partial charge in [0.25, 0.3) is 0 Å². The van der Waals surface area contributed by atoms with Crippen LogP contribution in [0.5, 0.6) is 0 Å². The van der Waals surface area contributed by atoms with Crippen molar-refractivity contribution in [2.45, 2.75) is 12.4 Å². The van der Waals surface area contributed by atoms with Crippen molar-refractivity contribution in [2.75, 3.05) is 0 Å². The Kier molecular flexibility index (Phi) is 3.82. The Labute approximate surface area is 96.6 Å². The predicted molar refractivity (Wildman–Crippen MR) is 56.2 cm³/mol. The maximum Gasteiger partial charge on any atom is 0.534 e. The van der Waals surface area contributed by atoms with E-state index in [1.54, 1.807) is 30.3 Å². The van der Waals surface area contributed by atoms with Gasteiger partial charge in [-0.3, -0.25) is 0 Å². The van der Waals surface area contributed by atoms with Crippen molar-refractivity contribution < 1.29 is 25.8 Å². The maximum absolute atomic E-state index is 12.0. The van der Waals surface area contributed by atoms with Crippen LogP contribution < -0.4 is 0 Å². The van der Waals surface area contributed by atoms with Crippen LogP contribution in [0.3, 0.4) is 0 Å². The molecule has 0 aliphatic rings. The topological polar surface area (TPSA) is 43.4 Å². The monoisotopic (exact) mass is 266 g/mol. The van der Waals surface area contributed by atoms with E-state index in [-0.39, 0.29) is 5.76 Å². The molecule has 0 saturated heterocycles. The molecule has 0 aromatic heterocycles. The molecule has 0 aliphatic carbocycles. The Balaban J connectivity index is 2.88. The molecule has 0 spiro atoms. The largest absolute Gasteiger partial charge is 0.534 e. The van der Waals surface area contributed by atoms with E-state index in [0.717, 1.165) is 6.92 Å². The second-order valence-corrected chi connectivity index (χ2v) is 4.69. The number of alkyl halides is 3. The van der Waals surface area contributed by atoms with Gasteiger partial charge in [0.1, 0.15) is 5.76 Å². The summed E-state index contributed by atoms with van der Waals surface area (Å²) in [7, 11) is -5.59. The zero-order valence-corrected chi connectivity index (χ0v) is 9.55. The van der Waals surface area contributed by atoms with E-state index in [4.69, 9.17) is 0 Å². The number of benzene rings is 1. The van der Waals surface area contributed by atoms with Crippen LogP contribution in [0, 0.1) is 0 Å². The molecule has 0 N–H and O–H groups in total. The maximum atomic E-state index is 12.0. The van der Waals surface area contributed by atoms with Crippen LogP contribution in [0.15, 0.2) is 36.1 Å². The number of allylic oxidation sites excluding steroid dienone is 1. The first-order chi connectivity index (χ1) is 7.72. The summed E-state index contributed by atoms with van der Waals surface area (Å²) in [5.74, 6) is -0.353. The van der Waals surface area contributed by atoms with Crippen LogP contribution >= 0.6 is 0 Å². The lowest BCUT2D eigenvalue weighted by Gasteiger charge is -2.09. The Morgan fingerprint density at radius 2 is 1.76 bits per heavy atom.